The molecule has 0 amide bonds. The maximum absolute atomic E-state index is 9.60. The molecule has 0 aromatic heterocycles. The molecule has 0 saturated carbocycles. The molecule has 0 fully saturated rings. The first-order valence-corrected chi connectivity index (χ1v) is 7.87. The molecule has 0 aliphatic rings. The van der Waals surface area contributed by atoms with Gasteiger partial charge in [-0.05, 0) is 26.6 Å². The molecule has 5 heteroatoms. The summed E-state index contributed by atoms with van der Waals surface area (Å²) >= 11 is 0. The maximum Gasteiger partial charge on any atom is 0.330 e. The van der Waals surface area contributed by atoms with E-state index in [0.29, 0.717) is 0 Å². The Morgan fingerprint density at radius 3 is 1.67 bits per heavy atom. The highest BCUT2D eigenvalue weighted by Gasteiger charge is 2.08. The molecule has 0 saturated heterocycles. The number of aliphatic carboxylic acids is 1. The summed E-state index contributed by atoms with van der Waals surface area (Å²) in [5, 5.41) is 7.89. The first-order valence-electron chi connectivity index (χ1n) is 3.64. The monoisotopic (exact) mass is 206 g/mol. The smallest absolute Gasteiger partial charge is 0.330 e. The number of hydrogen-bond donors (Lipinski definition) is 1. The van der Waals surface area contributed by atoms with Crippen LogP contribution in [-0.4, -0.2) is 29.9 Å². The van der Waals surface area contributed by atoms with Crippen molar-refractivity contribution < 1.29 is 14.0 Å². The zero-order valence-electron chi connectivity index (χ0n) is 8.47. The van der Waals surface area contributed by atoms with E-state index >= 15 is 0 Å². The molecule has 72 valence electrons. The topological polar surface area (TPSA) is 46.5 Å². The Balaban J connectivity index is 0. The lowest BCUT2D eigenvalue weighted by Gasteiger charge is -2.11. The lowest BCUT2D eigenvalue weighted by atomic mass is 10.4. The third kappa shape index (κ3) is 16.3. The molecule has 0 unspecified atom stereocenters. The summed E-state index contributed by atoms with van der Waals surface area (Å²) in [5.74, 6) is -0.935. The van der Waals surface area contributed by atoms with E-state index < -0.39 is 14.3 Å². The maximum atomic E-state index is 9.60. The molecule has 0 radical (unpaired) electrons. The largest absolute Gasteiger partial charge is 0.478 e. The minimum absolute atomic E-state index is 0.176. The standard InChI is InChI=1S/C4H6O2.C3H12OSi2/c1-3(2)4(5)6;1-6(2,3)4-5/h1H2,2H3,(H,5,6);1-3,5H3. The Labute approximate surface area is 78.1 Å². The lowest BCUT2D eigenvalue weighted by molar-refractivity contribution is -0.132. The summed E-state index contributed by atoms with van der Waals surface area (Å²) in [7, 11) is -0.160. The third-order valence-electron chi connectivity index (χ3n) is 0.977. The van der Waals surface area contributed by atoms with Crippen LogP contribution in [0.4, 0.5) is 0 Å². The van der Waals surface area contributed by atoms with Gasteiger partial charge < -0.3 is 9.22 Å². The summed E-state index contributed by atoms with van der Waals surface area (Å²) in [6.45, 7) is 11.2. The molecule has 0 aromatic carbocycles. The van der Waals surface area contributed by atoms with Crippen LogP contribution in [0.25, 0.3) is 0 Å². The van der Waals surface area contributed by atoms with Crippen LogP contribution < -0.4 is 0 Å². The van der Waals surface area contributed by atoms with Gasteiger partial charge >= 0.3 is 5.97 Å². The fraction of sp³-hybridized carbons (Fsp3) is 0.571. The number of carboxylic acids is 1. The van der Waals surface area contributed by atoms with Crippen molar-refractivity contribution in [3.63, 3.8) is 0 Å². The second-order valence-corrected chi connectivity index (χ2v) is 9.26. The van der Waals surface area contributed by atoms with Gasteiger partial charge in [0.2, 0.25) is 0 Å². The van der Waals surface area contributed by atoms with Crippen LogP contribution in [0.5, 0.6) is 0 Å². The molecule has 0 rings (SSSR count). The van der Waals surface area contributed by atoms with Gasteiger partial charge in [-0.3, -0.25) is 0 Å². The minimum atomic E-state index is -1.07. The van der Waals surface area contributed by atoms with Crippen molar-refractivity contribution in [1.82, 2.24) is 0 Å². The zero-order chi connectivity index (χ0) is 10.4. The number of carboxylic acid groups (broad SMARTS) is 1. The predicted octanol–water partition coefficient (Wildman–Crippen LogP) is 0.765. The Kier molecular flexibility index (Phi) is 7.26. The Morgan fingerprint density at radius 1 is 1.50 bits per heavy atom. The van der Waals surface area contributed by atoms with Crippen molar-refractivity contribution in [2.24, 2.45) is 0 Å². The van der Waals surface area contributed by atoms with Gasteiger partial charge in [0, 0.05) is 5.57 Å². The van der Waals surface area contributed by atoms with Crippen LogP contribution in [0, 0.1) is 0 Å². The van der Waals surface area contributed by atoms with Crippen molar-refractivity contribution >= 4 is 24.8 Å². The van der Waals surface area contributed by atoms with Crippen LogP contribution in [0.15, 0.2) is 12.2 Å². The van der Waals surface area contributed by atoms with Gasteiger partial charge in [-0.25, -0.2) is 4.79 Å². The van der Waals surface area contributed by atoms with Crippen LogP contribution in [0.1, 0.15) is 6.92 Å². The Morgan fingerprint density at radius 2 is 1.67 bits per heavy atom. The van der Waals surface area contributed by atoms with E-state index in [2.05, 4.69) is 26.2 Å². The summed E-state index contributed by atoms with van der Waals surface area (Å²) in [6.07, 6.45) is 0. The van der Waals surface area contributed by atoms with Crippen LogP contribution in [0.2, 0.25) is 19.6 Å². The molecule has 0 aliphatic heterocycles. The summed E-state index contributed by atoms with van der Waals surface area (Å²) in [6, 6.07) is 0. The fourth-order valence-electron chi connectivity index (χ4n) is 0. The quantitative estimate of drug-likeness (QED) is 0.536. The highest BCUT2D eigenvalue weighted by molar-refractivity contribution is 6.72. The van der Waals surface area contributed by atoms with E-state index in [9.17, 15) is 4.79 Å². The molecule has 0 spiro atoms. The van der Waals surface area contributed by atoms with Crippen molar-refractivity contribution in [2.45, 2.75) is 26.6 Å². The molecule has 0 aromatic rings. The Bertz CT molecular complexity index is 149. The summed E-state index contributed by atoms with van der Waals surface area (Å²) < 4.78 is 5.22. The van der Waals surface area contributed by atoms with Gasteiger partial charge in [-0.2, -0.15) is 0 Å². The average Bonchev–Trinajstić information content (AvgIpc) is 1.87. The van der Waals surface area contributed by atoms with Crippen LogP contribution in [-0.2, 0) is 8.91 Å². The van der Waals surface area contributed by atoms with E-state index in [1.165, 1.54) is 6.92 Å². The molecule has 0 bridgehead atoms. The van der Waals surface area contributed by atoms with Gasteiger partial charge in [0.25, 0.3) is 0 Å². The van der Waals surface area contributed by atoms with E-state index in [4.69, 9.17) is 9.22 Å². The molecule has 0 heterocycles. The number of rotatable bonds is 2. The second-order valence-electron chi connectivity index (χ2n) is 3.40. The summed E-state index contributed by atoms with van der Waals surface area (Å²) in [4.78, 5) is 9.60. The SMILES string of the molecule is C=C(C)C(=O)O.C[Si](C)(C)O[SiH3]. The molecule has 3 nitrogen and oxygen atoms in total. The van der Waals surface area contributed by atoms with Gasteiger partial charge in [0.15, 0.2) is 8.32 Å². The van der Waals surface area contributed by atoms with E-state index in [1.54, 1.807) is 0 Å². The molecular weight excluding hydrogens is 188 g/mol. The molecule has 0 aliphatic carbocycles. The third-order valence-corrected chi connectivity index (χ3v) is 5.88. The van der Waals surface area contributed by atoms with Gasteiger partial charge in [-0.1, -0.05) is 6.58 Å². The lowest BCUT2D eigenvalue weighted by Crippen LogP contribution is -2.23. The predicted molar refractivity (Wildman–Crippen MR) is 56.8 cm³/mol. The van der Waals surface area contributed by atoms with Crippen molar-refractivity contribution in [2.75, 3.05) is 0 Å². The number of carbonyl (C=O) groups is 1. The van der Waals surface area contributed by atoms with E-state index in [-0.39, 0.29) is 5.57 Å². The van der Waals surface area contributed by atoms with Gasteiger partial charge in [-0.15, -0.1) is 0 Å². The van der Waals surface area contributed by atoms with Crippen LogP contribution >= 0.6 is 0 Å². The Hall–Kier alpha value is -0.396. The highest BCUT2D eigenvalue weighted by Crippen LogP contribution is 1.96. The minimum Gasteiger partial charge on any atom is -0.478 e. The summed E-state index contributed by atoms with van der Waals surface area (Å²) in [5.41, 5.74) is 0.176. The van der Waals surface area contributed by atoms with Crippen molar-refractivity contribution in [3.8, 4) is 0 Å². The van der Waals surface area contributed by atoms with Gasteiger partial charge in [0.1, 0.15) is 10.5 Å². The molecule has 0 atom stereocenters. The normalized spacial score (nSPS) is 10.0. The highest BCUT2D eigenvalue weighted by atomic mass is 28.4. The first-order chi connectivity index (χ1) is 5.20. The second kappa shape index (κ2) is 6.16. The van der Waals surface area contributed by atoms with E-state index in [1.807, 2.05) is 0 Å². The van der Waals surface area contributed by atoms with Crippen molar-refractivity contribution in [3.05, 3.63) is 12.2 Å². The molecule has 12 heavy (non-hydrogen) atoms. The molecule has 1 N–H and O–H groups in total. The van der Waals surface area contributed by atoms with E-state index in [0.717, 1.165) is 10.5 Å². The van der Waals surface area contributed by atoms with Crippen molar-refractivity contribution in [1.29, 1.82) is 0 Å². The number of hydrogen-bond acceptors (Lipinski definition) is 2. The van der Waals surface area contributed by atoms with Gasteiger partial charge in [0.05, 0.1) is 0 Å². The van der Waals surface area contributed by atoms with Crippen LogP contribution in [0.3, 0.4) is 0 Å². The first kappa shape index (κ1) is 14.1. The zero-order valence-corrected chi connectivity index (χ0v) is 11.5. The fourth-order valence-corrected chi connectivity index (χ4v) is 0. The molecular formula is C7H18O3Si2. The average molecular weight is 206 g/mol.